The molecule has 0 fully saturated rings. The number of alkyl halides is 5. The lowest BCUT2D eigenvalue weighted by molar-refractivity contribution is -0.524. The van der Waals surface area contributed by atoms with Crippen molar-refractivity contribution in [1.82, 2.24) is 0 Å². The molecule has 156 valence electrons. The van der Waals surface area contributed by atoms with Crippen molar-refractivity contribution >= 4 is 10.3 Å². The van der Waals surface area contributed by atoms with Crippen LogP contribution >= 0.6 is 0 Å². The Labute approximate surface area is 156 Å². The van der Waals surface area contributed by atoms with Gasteiger partial charge in [-0.25, -0.2) is 0 Å². The van der Waals surface area contributed by atoms with Crippen LogP contribution in [0.25, 0.3) is 0 Å². The smallest absolute Gasteiger partial charge is 0.175 e. The van der Waals surface area contributed by atoms with Gasteiger partial charge in [0.15, 0.2) is 12.4 Å². The van der Waals surface area contributed by atoms with Crippen LogP contribution in [0, 0.1) is 0 Å². The molecule has 0 unspecified atom stereocenters. The minimum Gasteiger partial charge on any atom is -0.175 e. The van der Waals surface area contributed by atoms with Crippen LogP contribution in [-0.2, 0) is 14.5 Å². The number of nitrogens with zero attached hydrogens (tertiary/aromatic N) is 1. The van der Waals surface area contributed by atoms with Crippen molar-refractivity contribution in [2.24, 2.45) is 0 Å². The maximum atomic E-state index is 13.7. The number of rotatable bonds is 13. The van der Waals surface area contributed by atoms with Crippen LogP contribution in [0.1, 0.15) is 64.2 Å². The van der Waals surface area contributed by atoms with Gasteiger partial charge in [0.1, 0.15) is 0 Å². The Bertz CT molecular complexity index is 636. The third kappa shape index (κ3) is 11.2. The van der Waals surface area contributed by atoms with E-state index in [1.807, 2.05) is 0 Å². The van der Waals surface area contributed by atoms with Gasteiger partial charge in [-0.2, -0.15) is 22.0 Å². The second kappa shape index (κ2) is 10.9. The molecule has 1 rings (SSSR count). The van der Waals surface area contributed by atoms with Gasteiger partial charge in [-0.1, -0.05) is 48.6 Å². The number of aromatic nitrogens is 1. The highest BCUT2D eigenvalue weighted by atomic mass is 32.2. The Morgan fingerprint density at radius 3 is 1.63 bits per heavy atom. The summed E-state index contributed by atoms with van der Waals surface area (Å²) in [6.07, 6.45) is -3.17. The van der Waals surface area contributed by atoms with E-state index in [0.29, 0.717) is 29.7 Å². The van der Waals surface area contributed by atoms with E-state index in [1.165, 1.54) is 12.1 Å². The fourth-order valence-corrected chi connectivity index (χ4v) is 3.40. The van der Waals surface area contributed by atoms with E-state index < -0.39 is 35.4 Å². The van der Waals surface area contributed by atoms with Crippen LogP contribution in [0.2, 0.25) is 0 Å². The van der Waals surface area contributed by atoms with Gasteiger partial charge < -0.3 is 0 Å². The van der Waals surface area contributed by atoms with Gasteiger partial charge in [0.25, 0.3) is 0 Å². The molecule has 1 heterocycles. The second-order valence-corrected chi connectivity index (χ2v) is 7.77. The quantitative estimate of drug-likeness (QED) is 0.253. The van der Waals surface area contributed by atoms with E-state index in [2.05, 4.69) is 4.18 Å². The van der Waals surface area contributed by atoms with Gasteiger partial charge in [0, 0.05) is 25.0 Å². The molecule has 0 aliphatic carbocycles. The number of unbranched alkanes of at least 4 members (excludes halogenated alkanes) is 7. The molecule has 0 atom stereocenters. The summed E-state index contributed by atoms with van der Waals surface area (Å²) in [6, 6.07) is 4.30. The SMILES string of the molecule is O=S(=O)(OC(F)(F)CCCCCCCCCCC(F)(F)F)[n+]1ccccc1. The van der Waals surface area contributed by atoms with Crippen LogP contribution in [0.4, 0.5) is 22.0 Å². The van der Waals surface area contributed by atoms with Crippen LogP contribution in [-0.4, -0.2) is 20.7 Å². The van der Waals surface area contributed by atoms with Crippen LogP contribution in [0.3, 0.4) is 0 Å². The monoisotopic (exact) mass is 418 g/mol. The molecule has 1 aromatic rings. The van der Waals surface area contributed by atoms with E-state index >= 15 is 0 Å². The van der Waals surface area contributed by atoms with Gasteiger partial charge in [0.2, 0.25) is 0 Å². The van der Waals surface area contributed by atoms with Gasteiger partial charge >= 0.3 is 22.6 Å². The van der Waals surface area contributed by atoms with Crippen molar-refractivity contribution < 1.29 is 38.5 Å². The highest BCUT2D eigenvalue weighted by Gasteiger charge is 2.40. The molecule has 0 bridgehead atoms. The molecule has 27 heavy (non-hydrogen) atoms. The topological polar surface area (TPSA) is 47.3 Å². The lowest BCUT2D eigenvalue weighted by Gasteiger charge is -2.13. The molecule has 0 N–H and O–H groups in total. The zero-order valence-electron chi connectivity index (χ0n) is 14.9. The first kappa shape index (κ1) is 23.7. The van der Waals surface area contributed by atoms with Crippen LogP contribution in [0.5, 0.6) is 0 Å². The summed E-state index contributed by atoms with van der Waals surface area (Å²) >= 11 is 0. The number of hydrogen-bond acceptors (Lipinski definition) is 3. The lowest BCUT2D eigenvalue weighted by Crippen LogP contribution is -2.46. The Balaban J connectivity index is 2.15. The molecule has 0 aromatic carbocycles. The molecule has 0 amide bonds. The fourth-order valence-electron chi connectivity index (χ4n) is 2.49. The van der Waals surface area contributed by atoms with Crippen molar-refractivity contribution in [2.45, 2.75) is 76.5 Å². The van der Waals surface area contributed by atoms with Crippen molar-refractivity contribution in [1.29, 1.82) is 0 Å². The summed E-state index contributed by atoms with van der Waals surface area (Å²) in [6.45, 7) is 0. The number of halogens is 5. The molecular formula is C17H25F5NO3S+. The normalized spacial score (nSPS) is 13.1. The van der Waals surface area contributed by atoms with Crippen LogP contribution in [0.15, 0.2) is 30.6 Å². The van der Waals surface area contributed by atoms with E-state index in [-0.39, 0.29) is 12.8 Å². The average Bonchev–Trinajstić information content (AvgIpc) is 2.55. The van der Waals surface area contributed by atoms with Crippen molar-refractivity contribution in [3.8, 4) is 0 Å². The molecular weight excluding hydrogens is 393 g/mol. The summed E-state index contributed by atoms with van der Waals surface area (Å²) in [5.74, 6) is 0. The van der Waals surface area contributed by atoms with Crippen molar-refractivity contribution in [3.63, 3.8) is 0 Å². The Kier molecular flexibility index (Phi) is 9.58. The minimum absolute atomic E-state index is 0.0933. The first-order valence-corrected chi connectivity index (χ1v) is 10.3. The Morgan fingerprint density at radius 2 is 1.15 bits per heavy atom. The predicted molar refractivity (Wildman–Crippen MR) is 89.2 cm³/mol. The average molecular weight is 418 g/mol. The lowest BCUT2D eigenvalue weighted by atomic mass is 10.1. The zero-order valence-corrected chi connectivity index (χ0v) is 15.7. The molecule has 0 saturated heterocycles. The zero-order chi connectivity index (χ0) is 20.4. The molecule has 1 aromatic heterocycles. The van der Waals surface area contributed by atoms with E-state index in [0.717, 1.165) is 25.2 Å². The third-order valence-corrected chi connectivity index (χ3v) is 5.07. The number of pyridine rings is 1. The van der Waals surface area contributed by atoms with Gasteiger partial charge in [-0.3, -0.25) is 0 Å². The molecule has 0 aliphatic heterocycles. The first-order chi connectivity index (χ1) is 12.5. The van der Waals surface area contributed by atoms with Gasteiger partial charge in [0.05, 0.1) is 0 Å². The highest BCUT2D eigenvalue weighted by molar-refractivity contribution is 7.80. The maximum absolute atomic E-state index is 13.7. The Morgan fingerprint density at radius 1 is 0.704 bits per heavy atom. The van der Waals surface area contributed by atoms with E-state index in [1.54, 1.807) is 6.07 Å². The van der Waals surface area contributed by atoms with E-state index in [4.69, 9.17) is 0 Å². The summed E-state index contributed by atoms with van der Waals surface area (Å²) < 4.78 is 91.4. The molecule has 0 aliphatic rings. The summed E-state index contributed by atoms with van der Waals surface area (Å²) in [4.78, 5) is 0. The number of hydrogen-bond donors (Lipinski definition) is 0. The minimum atomic E-state index is -4.60. The summed E-state index contributed by atoms with van der Waals surface area (Å²) in [7, 11) is -4.60. The third-order valence-electron chi connectivity index (χ3n) is 3.85. The van der Waals surface area contributed by atoms with Crippen molar-refractivity contribution in [2.75, 3.05) is 0 Å². The largest absolute Gasteiger partial charge is 0.519 e. The maximum Gasteiger partial charge on any atom is 0.519 e. The molecule has 10 heteroatoms. The standard InChI is InChI=1S/C17H25F5NO3S/c18-16(19,20)12-8-5-3-1-2-4-6-9-13-17(21,22)26-27(24,25)23-14-10-7-11-15-23/h7,10-11,14-15H,1-6,8-9,12-13H2/q+1. The molecule has 0 spiro atoms. The van der Waals surface area contributed by atoms with Gasteiger partial charge in [-0.05, 0) is 12.8 Å². The molecule has 0 radical (unpaired) electrons. The second-order valence-electron chi connectivity index (χ2n) is 6.33. The molecule has 4 nitrogen and oxygen atoms in total. The highest BCUT2D eigenvalue weighted by Crippen LogP contribution is 2.26. The predicted octanol–water partition coefficient (Wildman–Crippen LogP) is 5.14. The Hall–Kier alpha value is -1.29. The summed E-state index contributed by atoms with van der Waals surface area (Å²) in [5.41, 5.74) is 0. The molecule has 0 saturated carbocycles. The van der Waals surface area contributed by atoms with Crippen molar-refractivity contribution in [3.05, 3.63) is 30.6 Å². The first-order valence-electron chi connectivity index (χ1n) is 8.89. The fraction of sp³-hybridized carbons (Fsp3) is 0.706. The van der Waals surface area contributed by atoms with Crippen LogP contribution < -0.4 is 3.97 Å². The van der Waals surface area contributed by atoms with Gasteiger partial charge in [-0.15, -0.1) is 12.6 Å². The van der Waals surface area contributed by atoms with E-state index in [9.17, 15) is 30.4 Å². The summed E-state index contributed by atoms with van der Waals surface area (Å²) in [5, 5.41) is 0.